The van der Waals surface area contributed by atoms with E-state index < -0.39 is 0 Å². The maximum absolute atomic E-state index is 4.84. The second-order valence-corrected chi connectivity index (χ2v) is 1.87. The highest BCUT2D eigenvalue weighted by Crippen LogP contribution is 2.09. The maximum Gasteiger partial charge on any atom is 0.0867 e. The van der Waals surface area contributed by atoms with Crippen LogP contribution < -0.4 is 0 Å². The second kappa shape index (κ2) is 2.55. The van der Waals surface area contributed by atoms with Gasteiger partial charge in [0.2, 0.25) is 0 Å². The van der Waals surface area contributed by atoms with Crippen LogP contribution in [-0.2, 0) is 4.74 Å². The standard InChI is InChI=1S/C7H10O/c1-2-7-3-5-8-6-4-7/h3-7H,2H2,1H3. The fourth-order valence-corrected chi connectivity index (χ4v) is 0.674. The molecule has 0 atom stereocenters. The van der Waals surface area contributed by atoms with Crippen LogP contribution in [0.1, 0.15) is 13.3 Å². The van der Waals surface area contributed by atoms with Gasteiger partial charge >= 0.3 is 0 Å². The summed E-state index contributed by atoms with van der Waals surface area (Å²) < 4.78 is 4.84. The second-order valence-electron chi connectivity index (χ2n) is 1.87. The largest absolute Gasteiger partial charge is 0.473 e. The number of ether oxygens (including phenoxy) is 1. The lowest BCUT2D eigenvalue weighted by Gasteiger charge is -2.05. The van der Waals surface area contributed by atoms with E-state index in [-0.39, 0.29) is 0 Å². The zero-order valence-electron chi connectivity index (χ0n) is 5.00. The Morgan fingerprint density at radius 1 is 1.38 bits per heavy atom. The van der Waals surface area contributed by atoms with Crippen LogP contribution in [0.3, 0.4) is 0 Å². The zero-order chi connectivity index (χ0) is 5.82. The van der Waals surface area contributed by atoms with E-state index in [2.05, 4.69) is 19.1 Å². The summed E-state index contributed by atoms with van der Waals surface area (Å²) in [4.78, 5) is 0. The van der Waals surface area contributed by atoms with Crippen LogP contribution in [-0.4, -0.2) is 0 Å². The van der Waals surface area contributed by atoms with Gasteiger partial charge < -0.3 is 4.74 Å². The molecule has 0 aromatic heterocycles. The molecule has 0 amide bonds. The first kappa shape index (κ1) is 5.42. The minimum Gasteiger partial charge on any atom is -0.473 e. The van der Waals surface area contributed by atoms with Gasteiger partial charge in [0, 0.05) is 5.92 Å². The smallest absolute Gasteiger partial charge is 0.0867 e. The van der Waals surface area contributed by atoms with Crippen molar-refractivity contribution >= 4 is 0 Å². The lowest BCUT2D eigenvalue weighted by atomic mass is 10.1. The van der Waals surface area contributed by atoms with Crippen molar-refractivity contribution in [1.29, 1.82) is 0 Å². The molecule has 1 nitrogen and oxygen atoms in total. The van der Waals surface area contributed by atoms with E-state index in [1.54, 1.807) is 12.5 Å². The van der Waals surface area contributed by atoms with Gasteiger partial charge in [-0.3, -0.25) is 0 Å². The highest BCUT2D eigenvalue weighted by molar-refractivity contribution is 5.00. The highest BCUT2D eigenvalue weighted by atomic mass is 16.5. The topological polar surface area (TPSA) is 9.23 Å². The molecule has 0 aliphatic carbocycles. The Morgan fingerprint density at radius 3 is 2.38 bits per heavy atom. The van der Waals surface area contributed by atoms with Gasteiger partial charge in [-0.2, -0.15) is 0 Å². The first-order chi connectivity index (χ1) is 3.93. The molecule has 0 aromatic rings. The molecule has 44 valence electrons. The van der Waals surface area contributed by atoms with Gasteiger partial charge in [0.1, 0.15) is 0 Å². The van der Waals surface area contributed by atoms with Crippen molar-refractivity contribution in [3.05, 3.63) is 24.7 Å². The molecular weight excluding hydrogens is 100 g/mol. The zero-order valence-corrected chi connectivity index (χ0v) is 5.00. The summed E-state index contributed by atoms with van der Waals surface area (Å²) in [5.74, 6) is 0.601. The molecule has 0 N–H and O–H groups in total. The van der Waals surface area contributed by atoms with Gasteiger partial charge in [0.05, 0.1) is 12.5 Å². The van der Waals surface area contributed by atoms with Gasteiger partial charge in [-0.05, 0) is 18.6 Å². The molecule has 1 heterocycles. The summed E-state index contributed by atoms with van der Waals surface area (Å²) in [7, 11) is 0. The summed E-state index contributed by atoms with van der Waals surface area (Å²) in [5.41, 5.74) is 0. The molecule has 1 heteroatoms. The van der Waals surface area contributed by atoms with Crippen LogP contribution in [0, 0.1) is 5.92 Å². The van der Waals surface area contributed by atoms with Crippen molar-refractivity contribution < 1.29 is 4.74 Å². The molecule has 1 aliphatic rings. The van der Waals surface area contributed by atoms with Crippen molar-refractivity contribution in [3.63, 3.8) is 0 Å². The Morgan fingerprint density at radius 2 is 2.00 bits per heavy atom. The van der Waals surface area contributed by atoms with E-state index in [4.69, 9.17) is 4.74 Å². The third-order valence-corrected chi connectivity index (χ3v) is 1.28. The molecule has 0 aromatic carbocycles. The number of hydrogen-bond donors (Lipinski definition) is 0. The fourth-order valence-electron chi connectivity index (χ4n) is 0.674. The molecule has 8 heavy (non-hydrogen) atoms. The van der Waals surface area contributed by atoms with Crippen LogP contribution >= 0.6 is 0 Å². The summed E-state index contributed by atoms with van der Waals surface area (Å²) in [6.45, 7) is 2.16. The Bertz CT molecular complexity index is 102. The molecule has 0 unspecified atom stereocenters. The van der Waals surface area contributed by atoms with Crippen molar-refractivity contribution in [1.82, 2.24) is 0 Å². The molecule has 1 rings (SSSR count). The van der Waals surface area contributed by atoms with Gasteiger partial charge in [-0.1, -0.05) is 6.92 Å². The van der Waals surface area contributed by atoms with Crippen molar-refractivity contribution in [2.24, 2.45) is 5.92 Å². The van der Waals surface area contributed by atoms with Crippen molar-refractivity contribution in [2.45, 2.75) is 13.3 Å². The fraction of sp³-hybridized carbons (Fsp3) is 0.429. The normalized spacial score (nSPS) is 18.6. The third kappa shape index (κ3) is 1.12. The van der Waals surface area contributed by atoms with Gasteiger partial charge in [-0.15, -0.1) is 0 Å². The summed E-state index contributed by atoms with van der Waals surface area (Å²) in [6, 6.07) is 0. The molecular formula is C7H10O. The van der Waals surface area contributed by atoms with E-state index in [0.717, 1.165) is 6.42 Å². The molecule has 0 spiro atoms. The highest BCUT2D eigenvalue weighted by Gasteiger charge is 1.97. The SMILES string of the molecule is CCC1C=COC=C1. The first-order valence-corrected chi connectivity index (χ1v) is 2.92. The Balaban J connectivity index is 2.42. The monoisotopic (exact) mass is 110 g/mol. The molecule has 0 saturated heterocycles. The predicted octanol–water partition coefficient (Wildman–Crippen LogP) is 2.07. The van der Waals surface area contributed by atoms with Crippen molar-refractivity contribution in [3.8, 4) is 0 Å². The first-order valence-electron chi connectivity index (χ1n) is 2.92. The van der Waals surface area contributed by atoms with Crippen molar-refractivity contribution in [2.75, 3.05) is 0 Å². The molecule has 0 saturated carbocycles. The van der Waals surface area contributed by atoms with Crippen LogP contribution in [0.4, 0.5) is 0 Å². The number of rotatable bonds is 1. The minimum absolute atomic E-state index is 0.601. The Kier molecular flexibility index (Phi) is 1.73. The number of allylic oxidation sites excluding steroid dienone is 2. The van der Waals surface area contributed by atoms with Crippen LogP contribution in [0.5, 0.6) is 0 Å². The van der Waals surface area contributed by atoms with Gasteiger partial charge in [-0.25, -0.2) is 0 Å². The van der Waals surface area contributed by atoms with Crippen LogP contribution in [0.2, 0.25) is 0 Å². The van der Waals surface area contributed by atoms with E-state index in [1.807, 2.05) is 0 Å². The van der Waals surface area contributed by atoms with Crippen LogP contribution in [0.25, 0.3) is 0 Å². The average molecular weight is 110 g/mol. The molecule has 0 bridgehead atoms. The summed E-state index contributed by atoms with van der Waals surface area (Å²) in [5, 5.41) is 0. The quantitative estimate of drug-likeness (QED) is 0.502. The lowest BCUT2D eigenvalue weighted by Crippen LogP contribution is -1.91. The van der Waals surface area contributed by atoms with Gasteiger partial charge in [0.15, 0.2) is 0 Å². The lowest BCUT2D eigenvalue weighted by molar-refractivity contribution is 0.382. The average Bonchev–Trinajstić information content (AvgIpc) is 1.90. The molecule has 0 fully saturated rings. The molecule has 0 radical (unpaired) electrons. The maximum atomic E-state index is 4.84. The van der Waals surface area contributed by atoms with E-state index in [1.165, 1.54) is 0 Å². The Hall–Kier alpha value is -0.720. The molecule has 1 aliphatic heterocycles. The minimum atomic E-state index is 0.601. The van der Waals surface area contributed by atoms with E-state index in [0.29, 0.717) is 5.92 Å². The predicted molar refractivity (Wildman–Crippen MR) is 33.1 cm³/mol. The summed E-state index contributed by atoms with van der Waals surface area (Å²) >= 11 is 0. The van der Waals surface area contributed by atoms with E-state index >= 15 is 0 Å². The Labute approximate surface area is 49.7 Å². The number of hydrogen-bond acceptors (Lipinski definition) is 1. The van der Waals surface area contributed by atoms with Gasteiger partial charge in [0.25, 0.3) is 0 Å². The third-order valence-electron chi connectivity index (χ3n) is 1.28. The van der Waals surface area contributed by atoms with E-state index in [9.17, 15) is 0 Å². The summed E-state index contributed by atoms with van der Waals surface area (Å²) in [6.07, 6.45) is 8.73. The van der Waals surface area contributed by atoms with Crippen LogP contribution in [0.15, 0.2) is 24.7 Å².